The molecule has 0 saturated heterocycles. The Bertz CT molecular complexity index is 1640. The van der Waals surface area contributed by atoms with Gasteiger partial charge in [0.2, 0.25) is 0 Å². The predicted octanol–water partition coefficient (Wildman–Crippen LogP) is 8.69. The zero-order chi connectivity index (χ0) is 30.9. The van der Waals surface area contributed by atoms with E-state index in [1.54, 1.807) is 43.1 Å². The van der Waals surface area contributed by atoms with Gasteiger partial charge in [-0.1, -0.05) is 44.6 Å². The summed E-state index contributed by atoms with van der Waals surface area (Å²) in [5, 5.41) is 6.51. The molecule has 0 atom stereocenters. The van der Waals surface area contributed by atoms with Crippen molar-refractivity contribution < 1.29 is 4.39 Å². The maximum atomic E-state index is 16.2. The Kier molecular flexibility index (Phi) is 10.7. The minimum atomic E-state index is -0.395. The molecule has 1 aliphatic carbocycles. The Labute approximate surface area is 258 Å². The zero-order valence-corrected chi connectivity index (χ0v) is 26.0. The molecular weight excluding hydrogens is 555 g/mol. The predicted molar refractivity (Wildman–Crippen MR) is 179 cm³/mol. The number of hydrogen-bond acceptors (Lipinski definition) is 6. The van der Waals surface area contributed by atoms with Crippen LogP contribution in [0.3, 0.4) is 0 Å². The molecule has 0 spiro atoms. The number of anilines is 2. The van der Waals surface area contributed by atoms with Crippen LogP contribution in [0.4, 0.5) is 15.8 Å². The molecule has 6 nitrogen and oxygen atoms in total. The van der Waals surface area contributed by atoms with E-state index >= 15 is 4.39 Å². The van der Waals surface area contributed by atoms with Crippen LogP contribution in [0.5, 0.6) is 0 Å². The van der Waals surface area contributed by atoms with E-state index in [-0.39, 0.29) is 12.1 Å². The normalized spacial score (nSPS) is 13.6. The molecule has 0 unspecified atom stereocenters. The Hall–Kier alpha value is -4.48. The number of hydrogen-bond donors (Lipinski definition) is 3. The van der Waals surface area contributed by atoms with Crippen molar-refractivity contribution in [3.63, 3.8) is 0 Å². The summed E-state index contributed by atoms with van der Waals surface area (Å²) in [6, 6.07) is 6.08. The van der Waals surface area contributed by atoms with Crippen molar-refractivity contribution in [1.82, 2.24) is 19.9 Å². The second kappa shape index (κ2) is 14.6. The first-order valence-corrected chi connectivity index (χ1v) is 15.2. The summed E-state index contributed by atoms with van der Waals surface area (Å²) in [5.41, 5.74) is 6.49. The van der Waals surface area contributed by atoms with Gasteiger partial charge in [0.15, 0.2) is 5.82 Å². The molecule has 3 N–H and O–H groups in total. The second-order valence-corrected chi connectivity index (χ2v) is 11.9. The molecule has 5 rings (SSSR count). The molecule has 0 radical (unpaired) electrons. The Morgan fingerprint density at radius 1 is 1.16 bits per heavy atom. The molecule has 0 aliphatic heterocycles. The smallest absolute Gasteiger partial charge is 0.155 e. The summed E-state index contributed by atoms with van der Waals surface area (Å²) < 4.78 is 16.2. The first kappa shape index (κ1) is 31.5. The van der Waals surface area contributed by atoms with Gasteiger partial charge in [-0.3, -0.25) is 9.97 Å². The van der Waals surface area contributed by atoms with Crippen LogP contribution in [-0.2, 0) is 6.42 Å². The molecule has 43 heavy (non-hydrogen) atoms. The van der Waals surface area contributed by atoms with E-state index in [9.17, 15) is 0 Å². The van der Waals surface area contributed by atoms with Crippen LogP contribution in [0.15, 0.2) is 67.8 Å². The van der Waals surface area contributed by atoms with Crippen LogP contribution in [0.1, 0.15) is 64.6 Å². The van der Waals surface area contributed by atoms with E-state index in [1.165, 1.54) is 24.1 Å². The lowest BCUT2D eigenvalue weighted by atomic mass is 9.87. The Morgan fingerprint density at radius 2 is 1.93 bits per heavy atom. The largest absolute Gasteiger partial charge is 0.387 e. The number of allylic oxidation sites excluding steroid dienone is 3. The summed E-state index contributed by atoms with van der Waals surface area (Å²) in [6.45, 7) is 12.2. The monoisotopic (exact) mass is 594 g/mol. The molecule has 0 bridgehead atoms. The van der Waals surface area contributed by atoms with Crippen molar-refractivity contribution in [3.05, 3.63) is 106 Å². The molecule has 4 aromatic heterocycles. The Morgan fingerprint density at radius 3 is 2.60 bits per heavy atom. The van der Waals surface area contributed by atoms with Crippen LogP contribution < -0.4 is 10.6 Å². The first-order valence-electron chi connectivity index (χ1n) is 14.4. The fourth-order valence-corrected chi connectivity index (χ4v) is 6.40. The third-order valence-electron chi connectivity index (χ3n) is 7.63. The van der Waals surface area contributed by atoms with Crippen LogP contribution in [0.2, 0.25) is 0 Å². The van der Waals surface area contributed by atoms with Gasteiger partial charge in [-0.05, 0) is 50.8 Å². The number of nitrogens with one attached hydrogen (secondary N) is 3. The van der Waals surface area contributed by atoms with Crippen LogP contribution in [-0.4, -0.2) is 27.0 Å². The summed E-state index contributed by atoms with van der Waals surface area (Å²) in [7, 11) is 1.77. The minimum absolute atomic E-state index is 0.253. The van der Waals surface area contributed by atoms with Gasteiger partial charge in [0.25, 0.3) is 0 Å². The van der Waals surface area contributed by atoms with Gasteiger partial charge in [0.05, 0.1) is 29.5 Å². The van der Waals surface area contributed by atoms with Crippen LogP contribution >= 0.6 is 11.3 Å². The molecular formula is C35H39FN6S. The zero-order valence-electron chi connectivity index (χ0n) is 25.1. The fraction of sp³-hybridized carbons (Fsp3) is 0.286. The van der Waals surface area contributed by atoms with Crippen molar-refractivity contribution in [1.29, 1.82) is 0 Å². The molecule has 0 aromatic carbocycles. The van der Waals surface area contributed by atoms with Crippen molar-refractivity contribution >= 4 is 28.3 Å². The maximum absolute atomic E-state index is 16.2. The number of H-pyrrole nitrogens is 1. The number of aromatic amines is 1. The number of pyridine rings is 2. The molecule has 4 heterocycles. The lowest BCUT2D eigenvalue weighted by Crippen LogP contribution is -2.14. The standard InChI is InChI=1S/C33H37FN6S.C2H2/c1-6-10-26(29-14-13-20(2)41-29)32-22(4)39-30(40-32)16-27-28(35-5)19-37-33(31(27)34)24-15-25(18-36-17-24)38-21(3)23-11-8-7-9-12-23;1-2/h6,10,13-15,17-19,23,35,38H,1,3,7-9,11-12,16H2,2,4-5H3,(H,39,40);1-2H/b26-10-;. The van der Waals surface area contributed by atoms with Gasteiger partial charge in [-0.15, -0.1) is 24.2 Å². The number of imidazole rings is 1. The van der Waals surface area contributed by atoms with E-state index in [1.807, 2.05) is 19.1 Å². The van der Waals surface area contributed by atoms with Crippen molar-refractivity contribution in [2.75, 3.05) is 17.7 Å². The lowest BCUT2D eigenvalue weighted by Gasteiger charge is -2.24. The van der Waals surface area contributed by atoms with Gasteiger partial charge < -0.3 is 15.6 Å². The number of nitrogens with zero attached hydrogens (tertiary/aromatic N) is 3. The van der Waals surface area contributed by atoms with E-state index in [0.29, 0.717) is 28.6 Å². The average molecular weight is 595 g/mol. The number of halogens is 1. The van der Waals surface area contributed by atoms with E-state index in [0.717, 1.165) is 46.1 Å². The van der Waals surface area contributed by atoms with E-state index in [4.69, 9.17) is 4.98 Å². The quantitative estimate of drug-likeness (QED) is 0.126. The molecule has 1 fully saturated rings. The Balaban J connectivity index is 0.00000207. The average Bonchev–Trinajstić information content (AvgIpc) is 3.63. The number of aryl methyl sites for hydroxylation is 2. The van der Waals surface area contributed by atoms with Crippen molar-refractivity contribution in [2.24, 2.45) is 5.92 Å². The molecule has 8 heteroatoms. The van der Waals surface area contributed by atoms with Crippen LogP contribution in [0.25, 0.3) is 16.8 Å². The molecule has 1 aliphatic rings. The topological polar surface area (TPSA) is 78.5 Å². The summed E-state index contributed by atoms with van der Waals surface area (Å²) in [6.07, 6.45) is 23.1. The highest BCUT2D eigenvalue weighted by atomic mass is 32.1. The van der Waals surface area contributed by atoms with Crippen molar-refractivity contribution in [2.45, 2.75) is 52.4 Å². The van der Waals surface area contributed by atoms with Gasteiger partial charge in [-0.25, -0.2) is 9.37 Å². The number of thiophene rings is 1. The van der Waals surface area contributed by atoms with Gasteiger partial charge in [0, 0.05) is 57.5 Å². The van der Waals surface area contributed by atoms with Crippen molar-refractivity contribution in [3.8, 4) is 24.1 Å². The van der Waals surface area contributed by atoms with Gasteiger partial charge in [0.1, 0.15) is 11.5 Å². The highest BCUT2D eigenvalue weighted by molar-refractivity contribution is 7.13. The van der Waals surface area contributed by atoms with E-state index < -0.39 is 5.82 Å². The summed E-state index contributed by atoms with van der Waals surface area (Å²) in [5.74, 6) is 0.731. The molecule has 222 valence electrons. The minimum Gasteiger partial charge on any atom is -0.387 e. The third-order valence-corrected chi connectivity index (χ3v) is 8.66. The van der Waals surface area contributed by atoms with E-state index in [2.05, 4.69) is 70.6 Å². The molecule has 0 amide bonds. The number of terminal acetylenes is 1. The molecule has 1 saturated carbocycles. The SMILES string of the molecule is C#C.C=C/C=C(/c1ccc(C)s1)c1nc(Cc2c(NC)cnc(-c3cncc(NC(=C)C4CCCCC4)c3)c2F)[nH]c1C. The lowest BCUT2D eigenvalue weighted by molar-refractivity contribution is 0.405. The highest BCUT2D eigenvalue weighted by Gasteiger charge is 2.21. The van der Waals surface area contributed by atoms with Crippen LogP contribution in [0, 0.1) is 38.4 Å². The fourth-order valence-electron chi connectivity index (χ4n) is 5.50. The number of aromatic nitrogens is 4. The first-order chi connectivity index (χ1) is 20.9. The maximum Gasteiger partial charge on any atom is 0.155 e. The van der Waals surface area contributed by atoms with Gasteiger partial charge in [-0.2, -0.15) is 0 Å². The highest BCUT2D eigenvalue weighted by Crippen LogP contribution is 2.34. The summed E-state index contributed by atoms with van der Waals surface area (Å²) >= 11 is 1.71. The third kappa shape index (κ3) is 7.30. The van der Waals surface area contributed by atoms with Gasteiger partial charge >= 0.3 is 0 Å². The summed E-state index contributed by atoms with van der Waals surface area (Å²) in [4.78, 5) is 19.5. The number of rotatable bonds is 10. The molecule has 4 aromatic rings. The second-order valence-electron chi connectivity index (χ2n) is 10.6.